The molecule has 5 nitrogen and oxygen atoms in total. The molecular formula is C15H18N2O3. The average molecular weight is 274 g/mol. The Morgan fingerprint density at radius 1 is 1.45 bits per heavy atom. The highest BCUT2D eigenvalue weighted by atomic mass is 16.5. The molecule has 20 heavy (non-hydrogen) atoms. The lowest BCUT2D eigenvalue weighted by Gasteiger charge is -2.13. The Hall–Kier alpha value is -2.27. The molecule has 0 amide bonds. The average Bonchev–Trinajstić information content (AvgIpc) is 2.97. The molecule has 106 valence electrons. The Bertz CT molecular complexity index is 579. The minimum absolute atomic E-state index is 0.0223. The third kappa shape index (κ3) is 3.19. The highest BCUT2D eigenvalue weighted by Gasteiger charge is 2.16. The fraction of sp³-hybridized carbons (Fsp3) is 0.267. The first-order valence-corrected chi connectivity index (χ1v) is 6.35. The van der Waals surface area contributed by atoms with E-state index in [0.717, 1.165) is 5.76 Å². The van der Waals surface area contributed by atoms with E-state index in [9.17, 15) is 4.79 Å². The van der Waals surface area contributed by atoms with Crippen molar-refractivity contribution in [3.8, 4) is 5.75 Å². The first kappa shape index (κ1) is 14.1. The standard InChI is InChI=1S/C15H18N2O3/c1-10(17-9-12-4-3-7-20-12)15(18)11-5-6-14(19-2)13(16)8-11/h3-8,10,17H,9,16H2,1-2H3. The summed E-state index contributed by atoms with van der Waals surface area (Å²) in [5, 5.41) is 3.12. The number of nitrogens with two attached hydrogens (primary N) is 1. The summed E-state index contributed by atoms with van der Waals surface area (Å²) in [6, 6.07) is 8.38. The molecule has 0 aliphatic heterocycles. The Labute approximate surface area is 117 Å². The third-order valence-electron chi connectivity index (χ3n) is 3.07. The van der Waals surface area contributed by atoms with Crippen molar-refractivity contribution < 1.29 is 13.9 Å². The van der Waals surface area contributed by atoms with Crippen molar-refractivity contribution in [3.63, 3.8) is 0 Å². The minimum Gasteiger partial charge on any atom is -0.495 e. The molecule has 5 heteroatoms. The van der Waals surface area contributed by atoms with Gasteiger partial charge < -0.3 is 20.2 Å². The molecule has 0 fully saturated rings. The fourth-order valence-electron chi connectivity index (χ4n) is 1.90. The van der Waals surface area contributed by atoms with E-state index in [4.69, 9.17) is 14.9 Å². The van der Waals surface area contributed by atoms with E-state index in [2.05, 4.69) is 5.32 Å². The number of nitrogens with one attached hydrogen (secondary N) is 1. The van der Waals surface area contributed by atoms with Crippen LogP contribution in [-0.4, -0.2) is 18.9 Å². The number of hydrogen-bond acceptors (Lipinski definition) is 5. The maximum atomic E-state index is 12.3. The van der Waals surface area contributed by atoms with E-state index in [1.807, 2.05) is 19.1 Å². The van der Waals surface area contributed by atoms with Gasteiger partial charge in [0.1, 0.15) is 11.5 Å². The first-order valence-electron chi connectivity index (χ1n) is 6.35. The van der Waals surface area contributed by atoms with Crippen LogP contribution in [0.1, 0.15) is 23.0 Å². The number of ketones is 1. The van der Waals surface area contributed by atoms with Crippen LogP contribution in [0.2, 0.25) is 0 Å². The summed E-state index contributed by atoms with van der Waals surface area (Å²) in [5.74, 6) is 1.34. The Kier molecular flexibility index (Phi) is 4.42. The largest absolute Gasteiger partial charge is 0.495 e. The molecule has 1 unspecified atom stereocenters. The van der Waals surface area contributed by atoms with Crippen molar-refractivity contribution in [3.05, 3.63) is 47.9 Å². The van der Waals surface area contributed by atoms with Crippen molar-refractivity contribution in [2.75, 3.05) is 12.8 Å². The summed E-state index contributed by atoms with van der Waals surface area (Å²) in [6.07, 6.45) is 1.60. The molecular weight excluding hydrogens is 256 g/mol. The first-order chi connectivity index (χ1) is 9.61. The van der Waals surface area contributed by atoms with Gasteiger partial charge in [0.2, 0.25) is 0 Å². The number of rotatable bonds is 6. The molecule has 1 aromatic carbocycles. The van der Waals surface area contributed by atoms with Crippen LogP contribution in [0.5, 0.6) is 5.75 Å². The predicted molar refractivity (Wildman–Crippen MR) is 76.7 cm³/mol. The van der Waals surface area contributed by atoms with Gasteiger partial charge in [0.05, 0.1) is 31.6 Å². The lowest BCUT2D eigenvalue weighted by atomic mass is 10.0. The number of carbonyl (C=O) groups is 1. The number of ether oxygens (including phenoxy) is 1. The normalized spacial score (nSPS) is 12.1. The van der Waals surface area contributed by atoms with Crippen LogP contribution in [-0.2, 0) is 6.54 Å². The zero-order valence-electron chi connectivity index (χ0n) is 11.6. The van der Waals surface area contributed by atoms with Gasteiger partial charge in [-0.2, -0.15) is 0 Å². The van der Waals surface area contributed by atoms with Crippen LogP contribution in [0.4, 0.5) is 5.69 Å². The summed E-state index contributed by atoms with van der Waals surface area (Å²) in [7, 11) is 1.54. The second-order valence-corrected chi connectivity index (χ2v) is 4.50. The molecule has 2 aromatic rings. The van der Waals surface area contributed by atoms with Gasteiger partial charge in [-0.25, -0.2) is 0 Å². The van der Waals surface area contributed by atoms with Crippen molar-refractivity contribution in [2.24, 2.45) is 0 Å². The molecule has 0 aliphatic rings. The SMILES string of the molecule is COc1ccc(C(=O)C(C)NCc2ccco2)cc1N. The molecule has 0 saturated carbocycles. The Morgan fingerprint density at radius 3 is 2.85 bits per heavy atom. The fourth-order valence-corrected chi connectivity index (χ4v) is 1.90. The number of anilines is 1. The minimum atomic E-state index is -0.326. The summed E-state index contributed by atoms with van der Waals surface area (Å²) in [6.45, 7) is 2.32. The van der Waals surface area contributed by atoms with Crippen molar-refractivity contribution >= 4 is 11.5 Å². The van der Waals surface area contributed by atoms with Gasteiger partial charge in [0.15, 0.2) is 5.78 Å². The molecule has 1 aromatic heterocycles. The Balaban J connectivity index is 2.01. The van der Waals surface area contributed by atoms with Crippen LogP contribution in [0, 0.1) is 0 Å². The molecule has 0 saturated heterocycles. The van der Waals surface area contributed by atoms with Crippen LogP contribution < -0.4 is 15.8 Å². The highest BCUT2D eigenvalue weighted by Crippen LogP contribution is 2.22. The molecule has 0 radical (unpaired) electrons. The van der Waals surface area contributed by atoms with E-state index < -0.39 is 0 Å². The lowest BCUT2D eigenvalue weighted by Crippen LogP contribution is -2.33. The van der Waals surface area contributed by atoms with Gasteiger partial charge in [-0.1, -0.05) is 0 Å². The Morgan fingerprint density at radius 2 is 2.25 bits per heavy atom. The summed E-state index contributed by atoms with van der Waals surface area (Å²) < 4.78 is 10.3. The number of benzene rings is 1. The third-order valence-corrected chi connectivity index (χ3v) is 3.07. The van der Waals surface area contributed by atoms with E-state index in [-0.39, 0.29) is 11.8 Å². The van der Waals surface area contributed by atoms with Gasteiger partial charge >= 0.3 is 0 Å². The molecule has 0 bridgehead atoms. The number of carbonyl (C=O) groups excluding carboxylic acids is 1. The maximum absolute atomic E-state index is 12.3. The van der Waals surface area contributed by atoms with E-state index in [1.165, 1.54) is 0 Å². The molecule has 1 heterocycles. The van der Waals surface area contributed by atoms with Gasteiger partial charge in [0, 0.05) is 5.56 Å². The molecule has 3 N–H and O–H groups in total. The van der Waals surface area contributed by atoms with Crippen LogP contribution >= 0.6 is 0 Å². The lowest BCUT2D eigenvalue weighted by molar-refractivity contribution is 0.0949. The van der Waals surface area contributed by atoms with Gasteiger partial charge in [-0.05, 0) is 37.3 Å². The molecule has 2 rings (SSSR count). The van der Waals surface area contributed by atoms with Crippen LogP contribution in [0.15, 0.2) is 41.0 Å². The van der Waals surface area contributed by atoms with E-state index in [0.29, 0.717) is 23.5 Å². The summed E-state index contributed by atoms with van der Waals surface area (Å²) >= 11 is 0. The number of furan rings is 1. The number of methoxy groups -OCH3 is 1. The summed E-state index contributed by atoms with van der Waals surface area (Å²) in [5.41, 5.74) is 6.82. The van der Waals surface area contributed by atoms with Gasteiger partial charge in [0.25, 0.3) is 0 Å². The molecule has 0 aliphatic carbocycles. The number of nitrogen functional groups attached to an aromatic ring is 1. The maximum Gasteiger partial charge on any atom is 0.179 e. The predicted octanol–water partition coefficient (Wildman–Crippen LogP) is 2.23. The zero-order chi connectivity index (χ0) is 14.5. The smallest absolute Gasteiger partial charge is 0.179 e. The van der Waals surface area contributed by atoms with E-state index in [1.54, 1.807) is 31.6 Å². The van der Waals surface area contributed by atoms with Crippen molar-refractivity contribution in [1.29, 1.82) is 0 Å². The quantitative estimate of drug-likeness (QED) is 0.624. The monoisotopic (exact) mass is 274 g/mol. The second-order valence-electron chi connectivity index (χ2n) is 4.50. The van der Waals surface area contributed by atoms with Crippen LogP contribution in [0.3, 0.4) is 0 Å². The highest BCUT2D eigenvalue weighted by molar-refractivity contribution is 6.00. The van der Waals surface area contributed by atoms with E-state index >= 15 is 0 Å². The molecule has 1 atom stereocenters. The van der Waals surface area contributed by atoms with Crippen LogP contribution in [0.25, 0.3) is 0 Å². The number of hydrogen-bond donors (Lipinski definition) is 2. The topological polar surface area (TPSA) is 77.5 Å². The number of Topliss-reactive ketones (excluding diaryl/α,β-unsaturated/α-hetero) is 1. The molecule has 0 spiro atoms. The zero-order valence-corrected chi connectivity index (χ0v) is 11.6. The van der Waals surface area contributed by atoms with Gasteiger partial charge in [-0.15, -0.1) is 0 Å². The second kappa shape index (κ2) is 6.25. The summed E-state index contributed by atoms with van der Waals surface area (Å²) in [4.78, 5) is 12.3. The van der Waals surface area contributed by atoms with Crippen molar-refractivity contribution in [1.82, 2.24) is 5.32 Å². The van der Waals surface area contributed by atoms with Crippen molar-refractivity contribution in [2.45, 2.75) is 19.5 Å². The van der Waals surface area contributed by atoms with Gasteiger partial charge in [-0.3, -0.25) is 4.79 Å².